The van der Waals surface area contributed by atoms with Crippen LogP contribution in [0.5, 0.6) is 0 Å². The van der Waals surface area contributed by atoms with Gasteiger partial charge in [-0.05, 0) is 6.07 Å². The van der Waals surface area contributed by atoms with Crippen molar-refractivity contribution in [1.29, 1.82) is 5.26 Å². The molecule has 3 aromatic rings. The normalized spacial score (nSPS) is 15.5. The summed E-state index contributed by atoms with van der Waals surface area (Å²) in [5.74, 6) is -2.59. The van der Waals surface area contributed by atoms with E-state index in [1.165, 1.54) is 17.2 Å². The molecule has 10 nitrogen and oxygen atoms in total. The van der Waals surface area contributed by atoms with Crippen molar-refractivity contribution in [2.45, 2.75) is 18.1 Å². The number of likely N-dealkylation sites (tertiary alicyclic amines) is 1. The molecule has 1 saturated heterocycles. The molecule has 0 aliphatic carbocycles. The zero-order chi connectivity index (χ0) is 21.5. The van der Waals surface area contributed by atoms with Crippen molar-refractivity contribution in [3.63, 3.8) is 0 Å². The molecule has 4 rings (SSSR count). The van der Waals surface area contributed by atoms with E-state index in [1.807, 2.05) is 6.07 Å². The van der Waals surface area contributed by atoms with Gasteiger partial charge in [-0.25, -0.2) is 19.6 Å². The maximum atomic E-state index is 12.3. The van der Waals surface area contributed by atoms with Crippen LogP contribution in [0.3, 0.4) is 0 Å². The van der Waals surface area contributed by atoms with Crippen LogP contribution in [-0.4, -0.2) is 61.0 Å². The van der Waals surface area contributed by atoms with Crippen LogP contribution in [-0.2, 0) is 15.1 Å². The van der Waals surface area contributed by atoms with Crippen molar-refractivity contribution in [3.8, 4) is 17.3 Å². The fraction of sp³-hybridized carbons (Fsp3) is 0.294. The molecule has 0 bridgehead atoms. The lowest BCUT2D eigenvalue weighted by Crippen LogP contribution is -2.64. The van der Waals surface area contributed by atoms with E-state index in [0.717, 1.165) is 10.3 Å². The summed E-state index contributed by atoms with van der Waals surface area (Å²) in [7, 11) is 0. The molecule has 0 saturated carbocycles. The topological polar surface area (TPSA) is 130 Å². The standard InChI is InChI=1S/C17H12F3N7O3/c18-17(19,20)14(28)30-15(29)26-7-16(8-26,2-3-21)27-6-10(5-25-27)12-11-1-4-22-13(11)24-9-23-12/h1,4-6,9H,2,7-8H2,(H,22,23,24). The van der Waals surface area contributed by atoms with Crippen LogP contribution in [0, 0.1) is 11.3 Å². The summed E-state index contributed by atoms with van der Waals surface area (Å²) in [6.45, 7) is -0.288. The van der Waals surface area contributed by atoms with Gasteiger partial charge in [-0.15, -0.1) is 0 Å². The van der Waals surface area contributed by atoms with Gasteiger partial charge < -0.3 is 14.6 Å². The number of fused-ring (bicyclic) bond motifs is 1. The van der Waals surface area contributed by atoms with Gasteiger partial charge in [0.05, 0.1) is 37.5 Å². The highest BCUT2D eigenvalue weighted by molar-refractivity contribution is 5.90. The number of rotatable bonds is 3. The number of alkyl halides is 3. The highest BCUT2D eigenvalue weighted by atomic mass is 19.4. The molecule has 0 spiro atoms. The summed E-state index contributed by atoms with van der Waals surface area (Å²) in [5, 5.41) is 14.2. The minimum absolute atomic E-state index is 0.0611. The molecular weight excluding hydrogens is 407 g/mol. The van der Waals surface area contributed by atoms with Crippen LogP contribution in [0.2, 0.25) is 0 Å². The number of amides is 1. The van der Waals surface area contributed by atoms with E-state index in [1.54, 1.807) is 18.5 Å². The summed E-state index contributed by atoms with van der Waals surface area (Å²) in [6, 6.07) is 3.79. The largest absolute Gasteiger partial charge is 0.491 e. The Morgan fingerprint density at radius 1 is 1.33 bits per heavy atom. The van der Waals surface area contributed by atoms with Gasteiger partial charge in [0.1, 0.15) is 17.5 Å². The van der Waals surface area contributed by atoms with Crippen LogP contribution in [0.25, 0.3) is 22.3 Å². The molecule has 13 heteroatoms. The van der Waals surface area contributed by atoms with Crippen molar-refractivity contribution in [2.75, 3.05) is 13.1 Å². The number of H-pyrrole nitrogens is 1. The van der Waals surface area contributed by atoms with E-state index in [4.69, 9.17) is 0 Å². The van der Waals surface area contributed by atoms with Gasteiger partial charge in [0.2, 0.25) is 0 Å². The molecule has 1 aliphatic rings. The van der Waals surface area contributed by atoms with Crippen LogP contribution >= 0.6 is 0 Å². The first kappa shape index (κ1) is 19.4. The van der Waals surface area contributed by atoms with Crippen molar-refractivity contribution in [2.24, 2.45) is 0 Å². The van der Waals surface area contributed by atoms with Gasteiger partial charge in [0.25, 0.3) is 0 Å². The van der Waals surface area contributed by atoms with Crippen LogP contribution < -0.4 is 0 Å². The number of carbonyl (C=O) groups is 2. The predicted octanol–water partition coefficient (Wildman–Crippen LogP) is 1.97. The molecular formula is C17H12F3N7O3. The smallest absolute Gasteiger partial charge is 0.369 e. The number of nitrogens with one attached hydrogen (secondary N) is 1. The van der Waals surface area contributed by atoms with Crippen molar-refractivity contribution in [1.82, 2.24) is 29.6 Å². The Morgan fingerprint density at radius 2 is 2.10 bits per heavy atom. The predicted molar refractivity (Wildman–Crippen MR) is 92.4 cm³/mol. The number of nitriles is 1. The zero-order valence-corrected chi connectivity index (χ0v) is 15.0. The molecule has 0 unspecified atom stereocenters. The first-order valence-corrected chi connectivity index (χ1v) is 8.52. The molecule has 30 heavy (non-hydrogen) atoms. The van der Waals surface area contributed by atoms with E-state index < -0.39 is 23.8 Å². The molecule has 154 valence electrons. The summed E-state index contributed by atoms with van der Waals surface area (Å²) in [5.41, 5.74) is 0.905. The molecule has 1 amide bonds. The number of aromatic nitrogens is 5. The molecule has 0 atom stereocenters. The lowest BCUT2D eigenvalue weighted by Gasteiger charge is -2.47. The maximum absolute atomic E-state index is 12.3. The molecule has 1 aliphatic heterocycles. The number of carbonyl (C=O) groups excluding carboxylic acids is 2. The third-order valence-corrected chi connectivity index (χ3v) is 4.74. The Bertz CT molecular complexity index is 1170. The zero-order valence-electron chi connectivity index (χ0n) is 15.0. The highest BCUT2D eigenvalue weighted by Gasteiger charge is 2.50. The van der Waals surface area contributed by atoms with Gasteiger partial charge in [0, 0.05) is 23.3 Å². The van der Waals surface area contributed by atoms with E-state index >= 15 is 0 Å². The van der Waals surface area contributed by atoms with E-state index in [2.05, 4.69) is 24.8 Å². The highest BCUT2D eigenvalue weighted by Crippen LogP contribution is 2.34. The van der Waals surface area contributed by atoms with Crippen molar-refractivity contribution >= 4 is 23.1 Å². The monoisotopic (exact) mass is 419 g/mol. The second-order valence-electron chi connectivity index (χ2n) is 6.70. The van der Waals surface area contributed by atoms with Gasteiger partial charge in [-0.1, -0.05) is 0 Å². The van der Waals surface area contributed by atoms with Crippen LogP contribution in [0.1, 0.15) is 6.42 Å². The molecule has 3 aromatic heterocycles. The molecule has 4 heterocycles. The second-order valence-corrected chi connectivity index (χ2v) is 6.70. The number of aromatic amines is 1. The average molecular weight is 419 g/mol. The third kappa shape index (κ3) is 3.21. The third-order valence-electron chi connectivity index (χ3n) is 4.74. The van der Waals surface area contributed by atoms with Gasteiger partial charge in [-0.2, -0.15) is 23.5 Å². The van der Waals surface area contributed by atoms with Crippen molar-refractivity contribution < 1.29 is 27.5 Å². The first-order chi connectivity index (χ1) is 14.2. The SMILES string of the molecule is N#CCC1(n2cc(-c3ncnc4[nH]ccc34)cn2)CN(C(=O)OC(=O)C(F)(F)F)C1. The Labute approximate surface area is 165 Å². The summed E-state index contributed by atoms with van der Waals surface area (Å²) < 4.78 is 42.1. The second kappa shape index (κ2) is 6.83. The minimum atomic E-state index is -5.28. The quantitative estimate of drug-likeness (QED) is 0.507. The number of nitrogens with zero attached hydrogens (tertiary/aromatic N) is 6. The fourth-order valence-corrected chi connectivity index (χ4v) is 3.29. The van der Waals surface area contributed by atoms with E-state index in [0.29, 0.717) is 16.9 Å². The Kier molecular flexibility index (Phi) is 4.41. The van der Waals surface area contributed by atoms with E-state index in [-0.39, 0.29) is 19.5 Å². The number of hydrogen-bond donors (Lipinski definition) is 1. The lowest BCUT2D eigenvalue weighted by molar-refractivity contribution is -0.194. The maximum Gasteiger partial charge on any atom is 0.491 e. The van der Waals surface area contributed by atoms with Gasteiger partial charge in [0.15, 0.2) is 0 Å². The van der Waals surface area contributed by atoms with E-state index in [9.17, 15) is 28.0 Å². The summed E-state index contributed by atoms with van der Waals surface area (Å²) >= 11 is 0. The molecule has 1 fully saturated rings. The van der Waals surface area contributed by atoms with Gasteiger partial charge >= 0.3 is 18.2 Å². The van der Waals surface area contributed by atoms with Crippen molar-refractivity contribution in [3.05, 3.63) is 31.0 Å². The Hall–Kier alpha value is -3.95. The minimum Gasteiger partial charge on any atom is -0.369 e. The Balaban J connectivity index is 1.54. The lowest BCUT2D eigenvalue weighted by atomic mass is 9.87. The molecule has 0 aromatic carbocycles. The Morgan fingerprint density at radius 3 is 2.80 bits per heavy atom. The molecule has 1 N–H and O–H groups in total. The first-order valence-electron chi connectivity index (χ1n) is 8.52. The number of halogens is 3. The summed E-state index contributed by atoms with van der Waals surface area (Å²) in [4.78, 5) is 34.9. The summed E-state index contributed by atoms with van der Waals surface area (Å²) in [6.07, 6.45) is -0.505. The van der Waals surface area contributed by atoms with Crippen LogP contribution in [0.15, 0.2) is 31.0 Å². The number of ether oxygens (including phenoxy) is 1. The average Bonchev–Trinajstić information content (AvgIpc) is 3.32. The fourth-order valence-electron chi connectivity index (χ4n) is 3.29. The number of esters is 1. The molecule has 0 radical (unpaired) electrons. The van der Waals surface area contributed by atoms with Gasteiger partial charge in [-0.3, -0.25) is 4.68 Å². The number of hydrogen-bond acceptors (Lipinski definition) is 7. The van der Waals surface area contributed by atoms with Crippen LogP contribution in [0.4, 0.5) is 18.0 Å².